The molecular weight excluding hydrogens is 278 g/mol. The van der Waals surface area contributed by atoms with Crippen molar-refractivity contribution in [1.82, 2.24) is 13.9 Å². The lowest BCUT2D eigenvalue weighted by Gasteiger charge is -2.62. The van der Waals surface area contributed by atoms with Gasteiger partial charge >= 0.3 is 11.4 Å². The Hall–Kier alpha value is -1.26. The molecule has 5 heteroatoms. The van der Waals surface area contributed by atoms with Crippen molar-refractivity contribution in [2.75, 3.05) is 0 Å². The SMILES string of the molecule is Cn1c(=O)n2n(c1=O)C(C1CC1)(C1CC1)C2(C1CC1)C1CC1. The first-order valence-electron chi connectivity index (χ1n) is 9.07. The number of aromatic nitrogens is 3. The summed E-state index contributed by atoms with van der Waals surface area (Å²) in [5.74, 6) is 2.61. The van der Waals surface area contributed by atoms with Gasteiger partial charge in [0.1, 0.15) is 0 Å². The Kier molecular flexibility index (Phi) is 1.84. The van der Waals surface area contributed by atoms with Crippen LogP contribution < -0.4 is 11.4 Å². The van der Waals surface area contributed by atoms with E-state index in [0.29, 0.717) is 23.7 Å². The molecule has 5 nitrogen and oxygen atoms in total. The van der Waals surface area contributed by atoms with Crippen molar-refractivity contribution in [3.8, 4) is 0 Å². The Labute approximate surface area is 128 Å². The highest BCUT2D eigenvalue weighted by Gasteiger charge is 2.81. The average Bonchev–Trinajstić information content (AvgIpc) is 3.35. The van der Waals surface area contributed by atoms with Crippen LogP contribution in [0.25, 0.3) is 0 Å². The quantitative estimate of drug-likeness (QED) is 0.844. The Morgan fingerprint density at radius 3 is 1.18 bits per heavy atom. The van der Waals surface area contributed by atoms with Gasteiger partial charge in [-0.3, -0.25) is 0 Å². The van der Waals surface area contributed by atoms with Crippen molar-refractivity contribution in [3.05, 3.63) is 21.0 Å². The maximum atomic E-state index is 12.8. The molecule has 0 atom stereocenters. The molecule has 1 aromatic heterocycles. The maximum Gasteiger partial charge on any atom is 0.347 e. The molecule has 0 radical (unpaired) electrons. The zero-order chi connectivity index (χ0) is 14.9. The Morgan fingerprint density at radius 2 is 0.955 bits per heavy atom. The number of rotatable bonds is 4. The van der Waals surface area contributed by atoms with Crippen molar-refractivity contribution in [2.24, 2.45) is 30.7 Å². The molecule has 0 aromatic carbocycles. The summed E-state index contributed by atoms with van der Waals surface area (Å²) in [5.41, 5.74) is -0.0962. The van der Waals surface area contributed by atoms with Gasteiger partial charge in [-0.05, 0) is 75.0 Å². The summed E-state index contributed by atoms with van der Waals surface area (Å²) < 4.78 is 5.29. The lowest BCUT2D eigenvalue weighted by molar-refractivity contribution is -0.154. The van der Waals surface area contributed by atoms with Gasteiger partial charge in [-0.2, -0.15) is 0 Å². The third-order valence-corrected chi connectivity index (χ3v) is 7.28. The molecule has 0 spiro atoms. The normalized spacial score (nSPS) is 31.7. The summed E-state index contributed by atoms with van der Waals surface area (Å²) in [5, 5.41) is 0. The summed E-state index contributed by atoms with van der Waals surface area (Å²) in [6, 6.07) is 0. The lowest BCUT2D eigenvalue weighted by atomic mass is 9.61. The fourth-order valence-corrected chi connectivity index (χ4v) is 6.24. The van der Waals surface area contributed by atoms with Gasteiger partial charge in [0, 0.05) is 7.05 Å². The molecule has 6 rings (SSSR count). The molecule has 118 valence electrons. The van der Waals surface area contributed by atoms with Crippen LogP contribution in [-0.4, -0.2) is 13.9 Å². The van der Waals surface area contributed by atoms with Crippen molar-refractivity contribution in [1.29, 1.82) is 0 Å². The van der Waals surface area contributed by atoms with E-state index in [9.17, 15) is 9.59 Å². The number of nitrogens with zero attached hydrogens (tertiary/aromatic N) is 3. The van der Waals surface area contributed by atoms with Crippen molar-refractivity contribution in [3.63, 3.8) is 0 Å². The highest BCUT2D eigenvalue weighted by atomic mass is 16.2. The zero-order valence-electron chi connectivity index (χ0n) is 13.1. The van der Waals surface area contributed by atoms with E-state index in [1.165, 1.54) is 55.9 Å². The van der Waals surface area contributed by atoms with Gasteiger partial charge in [0.2, 0.25) is 0 Å². The van der Waals surface area contributed by atoms with E-state index in [-0.39, 0.29) is 22.5 Å². The number of fused-ring (bicyclic) bond motifs is 1. The second kappa shape index (κ2) is 3.31. The first-order valence-corrected chi connectivity index (χ1v) is 9.07. The average molecular weight is 301 g/mol. The molecule has 1 aliphatic heterocycles. The smallest absolute Gasteiger partial charge is 0.246 e. The van der Waals surface area contributed by atoms with Crippen LogP contribution >= 0.6 is 0 Å². The summed E-state index contributed by atoms with van der Waals surface area (Å²) in [6.07, 6.45) is 10.1. The van der Waals surface area contributed by atoms with Gasteiger partial charge in [-0.15, -0.1) is 0 Å². The number of hydrogen-bond donors (Lipinski definition) is 0. The molecule has 0 unspecified atom stereocenters. The first kappa shape index (κ1) is 12.2. The minimum absolute atomic E-state index is 0.00678. The topological polar surface area (TPSA) is 48.9 Å². The van der Waals surface area contributed by atoms with Gasteiger partial charge in [0.15, 0.2) is 0 Å². The van der Waals surface area contributed by atoms with Crippen LogP contribution in [-0.2, 0) is 18.1 Å². The van der Waals surface area contributed by atoms with E-state index in [2.05, 4.69) is 0 Å². The monoisotopic (exact) mass is 301 g/mol. The van der Waals surface area contributed by atoms with E-state index in [0.717, 1.165) is 0 Å². The maximum absolute atomic E-state index is 12.8. The second-order valence-electron chi connectivity index (χ2n) is 8.50. The Morgan fingerprint density at radius 1 is 0.682 bits per heavy atom. The van der Waals surface area contributed by atoms with E-state index >= 15 is 0 Å². The Bertz CT molecular complexity index is 707. The summed E-state index contributed by atoms with van der Waals surface area (Å²) in [7, 11) is 1.66. The predicted octanol–water partition coefficient (Wildman–Crippen LogP) is 1.39. The fraction of sp³-hybridized carbons (Fsp3) is 0.882. The lowest BCUT2D eigenvalue weighted by Crippen LogP contribution is -2.77. The van der Waals surface area contributed by atoms with E-state index < -0.39 is 0 Å². The zero-order valence-corrected chi connectivity index (χ0v) is 13.1. The molecule has 4 saturated carbocycles. The van der Waals surface area contributed by atoms with Gasteiger partial charge in [0.05, 0.1) is 11.1 Å². The summed E-state index contributed by atoms with van der Waals surface area (Å²) in [6.45, 7) is 0. The largest absolute Gasteiger partial charge is 0.347 e. The van der Waals surface area contributed by atoms with Crippen LogP contribution in [0.1, 0.15) is 51.4 Å². The molecule has 2 heterocycles. The second-order valence-corrected chi connectivity index (χ2v) is 8.50. The molecule has 1 aromatic rings. The molecule has 0 bridgehead atoms. The van der Waals surface area contributed by atoms with Crippen LogP contribution in [0.5, 0.6) is 0 Å². The van der Waals surface area contributed by atoms with Crippen LogP contribution in [0.4, 0.5) is 0 Å². The van der Waals surface area contributed by atoms with Gasteiger partial charge < -0.3 is 0 Å². The number of hydrogen-bond acceptors (Lipinski definition) is 2. The molecule has 4 fully saturated rings. The first-order chi connectivity index (χ1) is 10.6. The van der Waals surface area contributed by atoms with Gasteiger partial charge in [0.25, 0.3) is 0 Å². The van der Waals surface area contributed by atoms with Gasteiger partial charge in [-0.1, -0.05) is 0 Å². The van der Waals surface area contributed by atoms with E-state index in [1.807, 2.05) is 9.36 Å². The third-order valence-electron chi connectivity index (χ3n) is 7.28. The molecule has 0 saturated heterocycles. The summed E-state index contributed by atoms with van der Waals surface area (Å²) in [4.78, 5) is 25.6. The molecule has 4 aliphatic carbocycles. The van der Waals surface area contributed by atoms with E-state index in [1.54, 1.807) is 7.05 Å². The van der Waals surface area contributed by atoms with Crippen molar-refractivity contribution >= 4 is 0 Å². The van der Waals surface area contributed by atoms with Crippen LogP contribution in [0.2, 0.25) is 0 Å². The molecule has 22 heavy (non-hydrogen) atoms. The van der Waals surface area contributed by atoms with Gasteiger partial charge in [-0.25, -0.2) is 23.5 Å². The highest BCUT2D eigenvalue weighted by molar-refractivity contribution is 5.30. The fourth-order valence-electron chi connectivity index (χ4n) is 6.24. The minimum atomic E-state index is -0.0549. The predicted molar refractivity (Wildman–Crippen MR) is 80.8 cm³/mol. The van der Waals surface area contributed by atoms with Crippen LogP contribution in [0, 0.1) is 23.7 Å². The van der Waals surface area contributed by atoms with Crippen LogP contribution in [0.15, 0.2) is 9.59 Å². The van der Waals surface area contributed by atoms with E-state index in [4.69, 9.17) is 0 Å². The summed E-state index contributed by atoms with van der Waals surface area (Å²) >= 11 is 0. The van der Waals surface area contributed by atoms with Crippen LogP contribution in [0.3, 0.4) is 0 Å². The van der Waals surface area contributed by atoms with Crippen molar-refractivity contribution < 1.29 is 0 Å². The van der Waals surface area contributed by atoms with Crippen molar-refractivity contribution in [2.45, 2.75) is 62.4 Å². The molecule has 5 aliphatic rings. The highest BCUT2D eigenvalue weighted by Crippen LogP contribution is 2.75. The molecular formula is C17H23N3O2. The third kappa shape index (κ3) is 1.03. The molecule has 0 amide bonds. The minimum Gasteiger partial charge on any atom is -0.246 e. The Balaban J connectivity index is 1.74. The molecule has 0 N–H and O–H groups in total. The standard InChI is InChI=1S/C17H23N3O2/c1-18-14(21)19-16(10-2-3-10,11-4-5-11)17(12-6-7-12,13-8-9-13)20(19)15(18)22/h10-13H,2-9H2,1H3.